The van der Waals surface area contributed by atoms with Crippen molar-refractivity contribution in [3.05, 3.63) is 38.9 Å². The van der Waals surface area contributed by atoms with Crippen LogP contribution in [0.25, 0.3) is 0 Å². The molecular formula is C12H17N3O6. The van der Waals surface area contributed by atoms with Crippen LogP contribution in [0.5, 0.6) is 0 Å². The lowest BCUT2D eigenvalue weighted by Gasteiger charge is -2.15. The number of aliphatic carboxylic acids is 1. The third-order valence-corrected chi connectivity index (χ3v) is 3.06. The van der Waals surface area contributed by atoms with Crippen LogP contribution in [-0.2, 0) is 11.2 Å². The van der Waals surface area contributed by atoms with E-state index in [1.54, 1.807) is 19.9 Å². The number of carbonyl (C=O) groups excluding carboxylic acids is 1. The maximum absolute atomic E-state index is 11.1. The number of hydrogen-bond acceptors (Lipinski definition) is 4. The fraction of sp³-hybridized carbons (Fsp3) is 0.333. The first kappa shape index (κ1) is 18.3. The number of rotatable bonds is 5. The standard InChI is InChI=1S/C12H15N3O5.H2O/c1-6-3-4-10(15(19)20)8(7(6)2)5-9(11(16)17)14-12(13)18;/h3-4,9H,5H2,1-2H3,(H,16,17)(H3,13,14,18);1H2. The summed E-state index contributed by atoms with van der Waals surface area (Å²) >= 11 is 0. The van der Waals surface area contributed by atoms with Crippen LogP contribution in [0.3, 0.4) is 0 Å². The fourth-order valence-corrected chi connectivity index (χ4v) is 1.86. The quantitative estimate of drug-likeness (QED) is 0.515. The van der Waals surface area contributed by atoms with E-state index in [1.807, 2.05) is 0 Å². The van der Waals surface area contributed by atoms with Crippen LogP contribution in [-0.4, -0.2) is 33.5 Å². The van der Waals surface area contributed by atoms with E-state index in [0.29, 0.717) is 5.56 Å². The number of carboxylic acid groups (broad SMARTS) is 1. The maximum atomic E-state index is 11.1. The van der Waals surface area contributed by atoms with Gasteiger partial charge in [-0.1, -0.05) is 6.07 Å². The molecule has 0 aromatic heterocycles. The average molecular weight is 299 g/mol. The molecule has 0 aliphatic carbocycles. The topological polar surface area (TPSA) is 167 Å². The normalized spacial score (nSPS) is 11.1. The van der Waals surface area contributed by atoms with Gasteiger partial charge in [0.2, 0.25) is 0 Å². The lowest BCUT2D eigenvalue weighted by atomic mass is 9.95. The highest BCUT2D eigenvalue weighted by Crippen LogP contribution is 2.26. The number of nitro benzene ring substituents is 1. The molecule has 0 aliphatic heterocycles. The van der Waals surface area contributed by atoms with Gasteiger partial charge in [-0.2, -0.15) is 0 Å². The maximum Gasteiger partial charge on any atom is 0.326 e. The molecule has 0 aliphatic rings. The van der Waals surface area contributed by atoms with E-state index in [4.69, 9.17) is 10.8 Å². The number of urea groups is 1. The number of carbonyl (C=O) groups is 2. The highest BCUT2D eigenvalue weighted by molar-refractivity contribution is 5.82. The number of nitrogens with zero attached hydrogens (tertiary/aromatic N) is 1. The molecule has 0 heterocycles. The zero-order valence-electron chi connectivity index (χ0n) is 11.5. The minimum Gasteiger partial charge on any atom is -0.480 e. The molecule has 1 unspecified atom stereocenters. The first-order valence-corrected chi connectivity index (χ1v) is 5.76. The summed E-state index contributed by atoms with van der Waals surface area (Å²) in [5, 5.41) is 22.1. The number of carboxylic acids is 1. The number of nitrogens with two attached hydrogens (primary N) is 1. The van der Waals surface area contributed by atoms with E-state index in [9.17, 15) is 19.7 Å². The predicted octanol–water partition coefficient (Wildman–Crippen LogP) is 0.0509. The molecule has 0 saturated carbocycles. The summed E-state index contributed by atoms with van der Waals surface area (Å²) in [6.07, 6.45) is -0.206. The molecular weight excluding hydrogens is 282 g/mol. The molecule has 0 spiro atoms. The predicted molar refractivity (Wildman–Crippen MR) is 74.0 cm³/mol. The van der Waals surface area contributed by atoms with Crippen LogP contribution in [0.4, 0.5) is 10.5 Å². The van der Waals surface area contributed by atoms with E-state index in [0.717, 1.165) is 5.56 Å². The monoisotopic (exact) mass is 299 g/mol. The molecule has 1 rings (SSSR count). The van der Waals surface area contributed by atoms with Gasteiger partial charge in [-0.25, -0.2) is 9.59 Å². The van der Waals surface area contributed by atoms with Gasteiger partial charge in [-0.15, -0.1) is 0 Å². The van der Waals surface area contributed by atoms with Crippen LogP contribution in [0.15, 0.2) is 12.1 Å². The van der Waals surface area contributed by atoms with Crippen molar-refractivity contribution in [1.82, 2.24) is 5.32 Å². The second-order valence-corrected chi connectivity index (χ2v) is 4.37. The Kier molecular flexibility index (Phi) is 6.28. The van der Waals surface area contributed by atoms with Crippen LogP contribution in [0.2, 0.25) is 0 Å². The molecule has 1 aromatic carbocycles. The van der Waals surface area contributed by atoms with Gasteiger partial charge in [0.05, 0.1) is 4.92 Å². The summed E-state index contributed by atoms with van der Waals surface area (Å²) in [7, 11) is 0. The van der Waals surface area contributed by atoms with Crippen molar-refractivity contribution in [3.63, 3.8) is 0 Å². The van der Waals surface area contributed by atoms with Crippen molar-refractivity contribution in [2.45, 2.75) is 26.3 Å². The summed E-state index contributed by atoms with van der Waals surface area (Å²) in [5.74, 6) is -1.31. The van der Waals surface area contributed by atoms with Gasteiger partial charge in [-0.3, -0.25) is 10.1 Å². The lowest BCUT2D eigenvalue weighted by molar-refractivity contribution is -0.385. The molecule has 1 aromatic rings. The minimum atomic E-state index is -1.31. The molecule has 0 radical (unpaired) electrons. The second kappa shape index (κ2) is 7.20. The van der Waals surface area contributed by atoms with E-state index in [1.165, 1.54) is 6.07 Å². The van der Waals surface area contributed by atoms with Gasteiger partial charge in [0.15, 0.2) is 0 Å². The Bertz CT molecular complexity index is 572. The van der Waals surface area contributed by atoms with Gasteiger partial charge in [0, 0.05) is 18.1 Å². The summed E-state index contributed by atoms with van der Waals surface area (Å²) < 4.78 is 0. The van der Waals surface area contributed by atoms with Crippen molar-refractivity contribution in [2.24, 2.45) is 5.73 Å². The third kappa shape index (κ3) is 4.42. The molecule has 6 N–H and O–H groups in total. The zero-order valence-corrected chi connectivity index (χ0v) is 11.5. The van der Waals surface area contributed by atoms with Crippen molar-refractivity contribution in [2.75, 3.05) is 0 Å². The SMILES string of the molecule is Cc1ccc([N+](=O)[O-])c(CC(NC(N)=O)C(=O)O)c1C.O. The number of primary amides is 1. The lowest BCUT2D eigenvalue weighted by Crippen LogP contribution is -2.45. The van der Waals surface area contributed by atoms with E-state index in [-0.39, 0.29) is 23.1 Å². The highest BCUT2D eigenvalue weighted by atomic mass is 16.6. The molecule has 9 nitrogen and oxygen atoms in total. The Balaban J connectivity index is 0.00000400. The van der Waals surface area contributed by atoms with Crippen molar-refractivity contribution in [1.29, 1.82) is 0 Å². The Morgan fingerprint density at radius 2 is 2.00 bits per heavy atom. The summed E-state index contributed by atoms with van der Waals surface area (Å²) in [4.78, 5) is 32.3. The number of hydrogen-bond donors (Lipinski definition) is 3. The van der Waals surface area contributed by atoms with Crippen LogP contribution in [0.1, 0.15) is 16.7 Å². The Hall–Kier alpha value is -2.68. The molecule has 0 fully saturated rings. The Labute approximate surface area is 120 Å². The van der Waals surface area contributed by atoms with Crippen LogP contribution in [0, 0.1) is 24.0 Å². The number of nitro groups is 1. The van der Waals surface area contributed by atoms with Gasteiger partial charge in [0.1, 0.15) is 6.04 Å². The van der Waals surface area contributed by atoms with E-state index >= 15 is 0 Å². The molecule has 0 saturated heterocycles. The number of amides is 2. The summed E-state index contributed by atoms with van der Waals surface area (Å²) in [5.41, 5.74) is 6.42. The Morgan fingerprint density at radius 3 is 2.43 bits per heavy atom. The number of aryl methyl sites for hydroxylation is 1. The fourth-order valence-electron chi connectivity index (χ4n) is 1.86. The third-order valence-electron chi connectivity index (χ3n) is 3.06. The van der Waals surface area contributed by atoms with Crippen molar-refractivity contribution >= 4 is 17.7 Å². The molecule has 9 heteroatoms. The summed E-state index contributed by atoms with van der Waals surface area (Å²) in [6, 6.07) is 0.604. The van der Waals surface area contributed by atoms with Gasteiger partial charge >= 0.3 is 12.0 Å². The first-order chi connectivity index (χ1) is 9.23. The van der Waals surface area contributed by atoms with Gasteiger partial charge in [-0.05, 0) is 25.0 Å². The molecule has 21 heavy (non-hydrogen) atoms. The first-order valence-electron chi connectivity index (χ1n) is 5.76. The Morgan fingerprint density at radius 1 is 1.43 bits per heavy atom. The zero-order chi connectivity index (χ0) is 15.4. The average Bonchev–Trinajstić information content (AvgIpc) is 2.32. The minimum absolute atomic E-state index is 0. The van der Waals surface area contributed by atoms with Crippen LogP contribution < -0.4 is 11.1 Å². The van der Waals surface area contributed by atoms with Gasteiger partial charge < -0.3 is 21.6 Å². The highest BCUT2D eigenvalue weighted by Gasteiger charge is 2.25. The van der Waals surface area contributed by atoms with Crippen molar-refractivity contribution in [3.8, 4) is 0 Å². The van der Waals surface area contributed by atoms with E-state index in [2.05, 4.69) is 5.32 Å². The van der Waals surface area contributed by atoms with E-state index < -0.39 is 23.0 Å². The largest absolute Gasteiger partial charge is 0.480 e. The number of benzene rings is 1. The molecule has 1 atom stereocenters. The second-order valence-electron chi connectivity index (χ2n) is 4.37. The summed E-state index contributed by atoms with van der Waals surface area (Å²) in [6.45, 7) is 3.43. The number of nitrogens with one attached hydrogen (secondary N) is 1. The molecule has 116 valence electrons. The van der Waals surface area contributed by atoms with Crippen molar-refractivity contribution < 1.29 is 25.1 Å². The van der Waals surface area contributed by atoms with Crippen LogP contribution >= 0.6 is 0 Å². The molecule has 0 bridgehead atoms. The smallest absolute Gasteiger partial charge is 0.326 e. The molecule has 2 amide bonds. The van der Waals surface area contributed by atoms with Gasteiger partial charge in [0.25, 0.3) is 5.69 Å².